The van der Waals surface area contributed by atoms with Gasteiger partial charge in [-0.1, -0.05) is 12.8 Å². The Morgan fingerprint density at radius 2 is 2.15 bits per heavy atom. The molecule has 0 bridgehead atoms. The average Bonchev–Trinajstić information content (AvgIpc) is 3.12. The highest BCUT2D eigenvalue weighted by Gasteiger charge is 2.32. The van der Waals surface area contributed by atoms with Gasteiger partial charge in [0.05, 0.1) is 0 Å². The smallest absolute Gasteiger partial charge is 0.0492 e. The van der Waals surface area contributed by atoms with Crippen molar-refractivity contribution in [3.05, 3.63) is 18.0 Å². The quantitative estimate of drug-likeness (QED) is 0.850. The molecule has 2 aliphatic rings. The predicted octanol–water partition coefficient (Wildman–Crippen LogP) is 1.22. The van der Waals surface area contributed by atoms with Crippen molar-refractivity contribution in [2.45, 2.75) is 50.7 Å². The molecule has 0 spiro atoms. The van der Waals surface area contributed by atoms with Crippen LogP contribution in [0.1, 0.15) is 37.8 Å². The molecule has 2 fully saturated rings. The largest absolute Gasteiger partial charge is 0.396 e. The Balaban J connectivity index is 1.59. The Morgan fingerprint density at radius 1 is 1.30 bits per heavy atom. The highest BCUT2D eigenvalue weighted by molar-refractivity contribution is 4.98. The second kappa shape index (κ2) is 6.70. The van der Waals surface area contributed by atoms with Gasteiger partial charge in [0.15, 0.2) is 0 Å². The third kappa shape index (κ3) is 3.22. The summed E-state index contributed by atoms with van der Waals surface area (Å²) in [5.41, 5.74) is 1.18. The first-order valence-electron chi connectivity index (χ1n) is 7.94. The molecule has 0 aromatic carbocycles. The van der Waals surface area contributed by atoms with E-state index in [1.54, 1.807) is 0 Å². The zero-order valence-electron chi connectivity index (χ0n) is 12.2. The zero-order valence-corrected chi connectivity index (χ0v) is 12.2. The van der Waals surface area contributed by atoms with Gasteiger partial charge in [-0.05, 0) is 25.3 Å². The molecule has 1 aliphatic heterocycles. The van der Waals surface area contributed by atoms with E-state index in [2.05, 4.69) is 20.0 Å². The second-order valence-electron chi connectivity index (χ2n) is 6.16. The van der Waals surface area contributed by atoms with Gasteiger partial charge < -0.3 is 5.11 Å². The van der Waals surface area contributed by atoms with Crippen LogP contribution in [0.3, 0.4) is 0 Å². The summed E-state index contributed by atoms with van der Waals surface area (Å²) in [5.74, 6) is 0. The van der Waals surface area contributed by atoms with Gasteiger partial charge in [-0.3, -0.25) is 14.9 Å². The van der Waals surface area contributed by atoms with Crippen LogP contribution in [-0.2, 0) is 6.54 Å². The number of hydrogen-bond acceptors (Lipinski definition) is 4. The molecule has 1 aliphatic carbocycles. The van der Waals surface area contributed by atoms with Crippen LogP contribution in [0, 0.1) is 0 Å². The van der Waals surface area contributed by atoms with Crippen molar-refractivity contribution in [1.82, 2.24) is 20.0 Å². The molecule has 1 aromatic rings. The number of aliphatic hydroxyl groups is 1. The first-order chi connectivity index (χ1) is 9.86. The van der Waals surface area contributed by atoms with Crippen LogP contribution < -0.4 is 0 Å². The van der Waals surface area contributed by atoms with Crippen LogP contribution in [0.15, 0.2) is 12.3 Å². The Labute approximate surface area is 121 Å². The van der Waals surface area contributed by atoms with E-state index in [1.807, 2.05) is 12.3 Å². The molecule has 0 unspecified atom stereocenters. The first kappa shape index (κ1) is 14.0. The zero-order chi connectivity index (χ0) is 13.8. The van der Waals surface area contributed by atoms with E-state index in [0.29, 0.717) is 12.6 Å². The molecule has 1 saturated carbocycles. The number of piperazine rings is 1. The van der Waals surface area contributed by atoms with Crippen LogP contribution in [0.25, 0.3) is 0 Å². The highest BCUT2D eigenvalue weighted by atomic mass is 16.3. The molecule has 0 amide bonds. The van der Waals surface area contributed by atoms with Crippen molar-refractivity contribution < 1.29 is 5.11 Å². The minimum atomic E-state index is 0.297. The molecular weight excluding hydrogens is 252 g/mol. The Hall–Kier alpha value is -0.910. The molecule has 2 heterocycles. The van der Waals surface area contributed by atoms with Crippen molar-refractivity contribution >= 4 is 0 Å². The lowest BCUT2D eigenvalue weighted by Crippen LogP contribution is -2.56. The fourth-order valence-electron chi connectivity index (χ4n) is 3.81. The summed E-state index contributed by atoms with van der Waals surface area (Å²) in [7, 11) is 0. The fourth-order valence-corrected chi connectivity index (χ4v) is 3.81. The lowest BCUT2D eigenvalue weighted by molar-refractivity contribution is 0.0263. The number of nitrogens with one attached hydrogen (secondary N) is 1. The summed E-state index contributed by atoms with van der Waals surface area (Å²) in [6.07, 6.45) is 8.17. The molecule has 112 valence electrons. The Morgan fingerprint density at radius 3 is 2.85 bits per heavy atom. The molecule has 1 atom stereocenters. The van der Waals surface area contributed by atoms with Crippen LogP contribution in [0.5, 0.6) is 0 Å². The highest BCUT2D eigenvalue weighted by Crippen LogP contribution is 2.28. The summed E-state index contributed by atoms with van der Waals surface area (Å²) in [5, 5.41) is 16.4. The third-order valence-electron chi connectivity index (χ3n) is 4.82. The van der Waals surface area contributed by atoms with Gasteiger partial charge in [0.1, 0.15) is 0 Å². The lowest BCUT2D eigenvalue weighted by atomic mass is 10.0. The van der Waals surface area contributed by atoms with Crippen molar-refractivity contribution in [3.8, 4) is 0 Å². The number of aromatic amines is 1. The number of nitrogens with zero attached hydrogens (tertiary/aromatic N) is 3. The SMILES string of the molecule is OCC[C@@H]1CN(Cc2ccn[nH]2)CCN1C1CCCC1. The number of aromatic nitrogens is 2. The minimum absolute atomic E-state index is 0.297. The summed E-state index contributed by atoms with van der Waals surface area (Å²) in [4.78, 5) is 5.16. The van der Waals surface area contributed by atoms with Gasteiger partial charge in [-0.2, -0.15) is 5.10 Å². The normalized spacial score (nSPS) is 26.4. The monoisotopic (exact) mass is 278 g/mol. The van der Waals surface area contributed by atoms with E-state index in [4.69, 9.17) is 0 Å². The van der Waals surface area contributed by atoms with E-state index in [1.165, 1.54) is 31.4 Å². The van der Waals surface area contributed by atoms with Crippen molar-refractivity contribution in [2.24, 2.45) is 0 Å². The maximum absolute atomic E-state index is 9.36. The van der Waals surface area contributed by atoms with Gasteiger partial charge >= 0.3 is 0 Å². The second-order valence-corrected chi connectivity index (χ2v) is 6.16. The molecule has 3 rings (SSSR count). The molecule has 0 radical (unpaired) electrons. The molecule has 1 saturated heterocycles. The summed E-state index contributed by atoms with van der Waals surface area (Å²) >= 11 is 0. The first-order valence-corrected chi connectivity index (χ1v) is 7.94. The number of hydrogen-bond donors (Lipinski definition) is 2. The van der Waals surface area contributed by atoms with E-state index >= 15 is 0 Å². The number of H-pyrrole nitrogens is 1. The lowest BCUT2D eigenvalue weighted by Gasteiger charge is -2.44. The van der Waals surface area contributed by atoms with Crippen molar-refractivity contribution in [2.75, 3.05) is 26.2 Å². The van der Waals surface area contributed by atoms with Gasteiger partial charge in [0.25, 0.3) is 0 Å². The maximum Gasteiger partial charge on any atom is 0.0492 e. The molecule has 1 aromatic heterocycles. The minimum Gasteiger partial charge on any atom is -0.396 e. The molecule has 5 heteroatoms. The molecule has 5 nitrogen and oxygen atoms in total. The summed E-state index contributed by atoms with van der Waals surface area (Å²) < 4.78 is 0. The van der Waals surface area contributed by atoms with Crippen LogP contribution in [-0.4, -0.2) is 63.4 Å². The van der Waals surface area contributed by atoms with Gasteiger partial charge in [0.2, 0.25) is 0 Å². The van der Waals surface area contributed by atoms with E-state index in [9.17, 15) is 5.11 Å². The van der Waals surface area contributed by atoms with Gasteiger partial charge in [-0.25, -0.2) is 0 Å². The van der Waals surface area contributed by atoms with E-state index < -0.39 is 0 Å². The molecule has 2 N–H and O–H groups in total. The fraction of sp³-hybridized carbons (Fsp3) is 0.800. The van der Waals surface area contributed by atoms with Gasteiger partial charge in [0, 0.05) is 56.8 Å². The van der Waals surface area contributed by atoms with Crippen molar-refractivity contribution in [3.63, 3.8) is 0 Å². The molecule has 20 heavy (non-hydrogen) atoms. The third-order valence-corrected chi connectivity index (χ3v) is 4.82. The topological polar surface area (TPSA) is 55.4 Å². The summed E-state index contributed by atoms with van der Waals surface area (Å²) in [6, 6.07) is 3.32. The van der Waals surface area contributed by atoms with Crippen LogP contribution >= 0.6 is 0 Å². The van der Waals surface area contributed by atoms with Crippen molar-refractivity contribution in [1.29, 1.82) is 0 Å². The number of rotatable bonds is 5. The van der Waals surface area contributed by atoms with E-state index in [0.717, 1.165) is 38.6 Å². The number of aliphatic hydroxyl groups excluding tert-OH is 1. The van der Waals surface area contributed by atoms with E-state index in [-0.39, 0.29) is 0 Å². The summed E-state index contributed by atoms with van der Waals surface area (Å²) in [6.45, 7) is 4.57. The maximum atomic E-state index is 9.36. The van der Waals surface area contributed by atoms with Gasteiger partial charge in [-0.15, -0.1) is 0 Å². The Kier molecular flexibility index (Phi) is 4.70. The predicted molar refractivity (Wildman–Crippen MR) is 78.3 cm³/mol. The molecular formula is C15H26N4O. The Bertz CT molecular complexity index is 389. The van der Waals surface area contributed by atoms with Crippen LogP contribution in [0.4, 0.5) is 0 Å². The average molecular weight is 278 g/mol. The van der Waals surface area contributed by atoms with Crippen LogP contribution in [0.2, 0.25) is 0 Å². The standard InChI is InChI=1S/C15H26N4O/c20-10-6-15-12-18(11-13-5-7-16-17-13)8-9-19(15)14-3-1-2-4-14/h5,7,14-15,20H,1-4,6,8-12H2,(H,16,17)/t15-/m1/s1.